The van der Waals surface area contributed by atoms with Gasteiger partial charge in [0.1, 0.15) is 18.0 Å². The van der Waals surface area contributed by atoms with Crippen LogP contribution in [0.15, 0.2) is 36.7 Å². The van der Waals surface area contributed by atoms with Crippen LogP contribution >= 0.6 is 11.6 Å². The minimum Gasteiger partial charge on any atom is -0.367 e. The molecule has 0 atom stereocenters. The van der Waals surface area contributed by atoms with Crippen LogP contribution in [0.5, 0.6) is 0 Å². The van der Waals surface area contributed by atoms with E-state index in [4.69, 9.17) is 11.6 Å². The molecule has 1 aliphatic carbocycles. The van der Waals surface area contributed by atoms with Gasteiger partial charge in [-0.1, -0.05) is 43.0 Å². The van der Waals surface area contributed by atoms with E-state index in [2.05, 4.69) is 20.6 Å². The molecular formula is C17H21ClN4. The molecule has 5 heteroatoms. The van der Waals surface area contributed by atoms with E-state index in [1.165, 1.54) is 37.7 Å². The van der Waals surface area contributed by atoms with E-state index >= 15 is 0 Å². The Balaban J connectivity index is 1.57. The van der Waals surface area contributed by atoms with Gasteiger partial charge in [-0.05, 0) is 30.5 Å². The third-order valence-corrected chi connectivity index (χ3v) is 4.26. The average Bonchev–Trinajstić information content (AvgIpc) is 2.56. The lowest BCUT2D eigenvalue weighted by molar-refractivity contribution is 0.462. The van der Waals surface area contributed by atoms with E-state index in [-0.39, 0.29) is 0 Å². The number of benzene rings is 1. The Morgan fingerprint density at radius 1 is 1.00 bits per heavy atom. The maximum Gasteiger partial charge on any atom is 0.131 e. The van der Waals surface area contributed by atoms with E-state index in [0.717, 1.165) is 23.2 Å². The first-order valence-corrected chi connectivity index (χ1v) is 8.24. The van der Waals surface area contributed by atoms with Crippen molar-refractivity contribution < 1.29 is 0 Å². The minimum atomic E-state index is 0.549. The minimum absolute atomic E-state index is 0.549. The summed E-state index contributed by atoms with van der Waals surface area (Å²) in [7, 11) is 0. The maximum absolute atomic E-state index is 5.89. The third kappa shape index (κ3) is 4.34. The molecule has 1 aromatic carbocycles. The van der Waals surface area contributed by atoms with Crippen LogP contribution in [0.2, 0.25) is 5.02 Å². The molecule has 0 bridgehead atoms. The summed E-state index contributed by atoms with van der Waals surface area (Å²) in [5.74, 6) is 1.74. The summed E-state index contributed by atoms with van der Waals surface area (Å²) >= 11 is 5.89. The highest BCUT2D eigenvalue weighted by atomic mass is 35.5. The molecule has 3 rings (SSSR count). The van der Waals surface area contributed by atoms with Gasteiger partial charge in [0.05, 0.1) is 0 Å². The van der Waals surface area contributed by atoms with Crippen LogP contribution in [0.1, 0.15) is 37.7 Å². The van der Waals surface area contributed by atoms with Crippen molar-refractivity contribution in [2.45, 2.75) is 44.7 Å². The molecule has 0 radical (unpaired) electrons. The molecule has 2 N–H and O–H groups in total. The van der Waals surface area contributed by atoms with Crippen LogP contribution in [0, 0.1) is 0 Å². The Morgan fingerprint density at radius 2 is 1.73 bits per heavy atom. The SMILES string of the molecule is Clc1ccc(CNc2cc(NC3CCCCC3)ncn2)cc1. The number of nitrogens with one attached hydrogen (secondary N) is 2. The van der Waals surface area contributed by atoms with Gasteiger partial charge >= 0.3 is 0 Å². The van der Waals surface area contributed by atoms with Crippen molar-refractivity contribution in [2.75, 3.05) is 10.6 Å². The van der Waals surface area contributed by atoms with Crippen molar-refractivity contribution in [1.82, 2.24) is 9.97 Å². The summed E-state index contributed by atoms with van der Waals surface area (Å²) in [6, 6.07) is 10.3. The summed E-state index contributed by atoms with van der Waals surface area (Å²) in [4.78, 5) is 8.60. The van der Waals surface area contributed by atoms with Crippen LogP contribution in [0.3, 0.4) is 0 Å². The molecule has 4 nitrogen and oxygen atoms in total. The summed E-state index contributed by atoms with van der Waals surface area (Å²) in [6.45, 7) is 0.719. The number of hydrogen-bond acceptors (Lipinski definition) is 4. The first-order chi connectivity index (χ1) is 10.8. The van der Waals surface area contributed by atoms with Crippen LogP contribution < -0.4 is 10.6 Å². The Bertz CT molecular complexity index is 594. The lowest BCUT2D eigenvalue weighted by Crippen LogP contribution is -2.22. The van der Waals surface area contributed by atoms with Crippen molar-refractivity contribution >= 4 is 23.2 Å². The van der Waals surface area contributed by atoms with E-state index < -0.39 is 0 Å². The molecule has 0 spiro atoms. The summed E-state index contributed by atoms with van der Waals surface area (Å²) < 4.78 is 0. The quantitative estimate of drug-likeness (QED) is 0.853. The van der Waals surface area contributed by atoms with E-state index in [1.807, 2.05) is 30.3 Å². The summed E-state index contributed by atoms with van der Waals surface area (Å²) in [5, 5.41) is 7.60. The van der Waals surface area contributed by atoms with Gasteiger partial charge in [0.15, 0.2) is 0 Å². The molecule has 1 fully saturated rings. The van der Waals surface area contributed by atoms with Crippen molar-refractivity contribution in [2.24, 2.45) is 0 Å². The van der Waals surface area contributed by atoms with E-state index in [1.54, 1.807) is 6.33 Å². The first-order valence-electron chi connectivity index (χ1n) is 7.86. The molecule has 2 aromatic rings. The van der Waals surface area contributed by atoms with Crippen LogP contribution in [-0.2, 0) is 6.54 Å². The zero-order valence-electron chi connectivity index (χ0n) is 12.6. The molecule has 1 aliphatic rings. The van der Waals surface area contributed by atoms with Gasteiger partial charge in [-0.25, -0.2) is 9.97 Å². The monoisotopic (exact) mass is 316 g/mol. The smallest absolute Gasteiger partial charge is 0.131 e. The molecule has 1 heterocycles. The number of nitrogens with zero attached hydrogens (tertiary/aromatic N) is 2. The highest BCUT2D eigenvalue weighted by molar-refractivity contribution is 6.30. The Morgan fingerprint density at radius 3 is 2.50 bits per heavy atom. The summed E-state index contributed by atoms with van der Waals surface area (Å²) in [6.07, 6.45) is 8.05. The summed E-state index contributed by atoms with van der Waals surface area (Å²) in [5.41, 5.74) is 1.17. The highest BCUT2D eigenvalue weighted by Gasteiger charge is 2.13. The fraction of sp³-hybridized carbons (Fsp3) is 0.412. The Kier molecular flexibility index (Phi) is 5.11. The predicted octanol–water partition coefficient (Wildman–Crippen LogP) is 4.49. The Labute approximate surface area is 136 Å². The second-order valence-corrected chi connectivity index (χ2v) is 6.18. The standard InChI is InChI=1S/C17H21ClN4/c18-14-8-6-13(7-9-14)11-19-16-10-17(21-12-20-16)22-15-4-2-1-3-5-15/h6-10,12,15H,1-5,11H2,(H2,19,20,21,22). The maximum atomic E-state index is 5.89. The number of hydrogen-bond donors (Lipinski definition) is 2. The fourth-order valence-corrected chi connectivity index (χ4v) is 2.91. The predicted molar refractivity (Wildman–Crippen MR) is 91.3 cm³/mol. The molecule has 22 heavy (non-hydrogen) atoms. The van der Waals surface area contributed by atoms with Gasteiger partial charge in [-0.15, -0.1) is 0 Å². The van der Waals surface area contributed by atoms with Gasteiger partial charge in [-0.2, -0.15) is 0 Å². The van der Waals surface area contributed by atoms with Crippen molar-refractivity contribution in [3.63, 3.8) is 0 Å². The van der Waals surface area contributed by atoms with Crippen molar-refractivity contribution in [1.29, 1.82) is 0 Å². The van der Waals surface area contributed by atoms with Gasteiger partial charge < -0.3 is 10.6 Å². The lowest BCUT2D eigenvalue weighted by Gasteiger charge is -2.23. The normalized spacial score (nSPS) is 15.5. The largest absolute Gasteiger partial charge is 0.367 e. The lowest BCUT2D eigenvalue weighted by atomic mass is 9.95. The molecule has 0 unspecified atom stereocenters. The zero-order chi connectivity index (χ0) is 15.2. The molecule has 1 saturated carbocycles. The number of aromatic nitrogens is 2. The molecule has 116 valence electrons. The van der Waals surface area contributed by atoms with Gasteiger partial charge in [0, 0.05) is 23.7 Å². The van der Waals surface area contributed by atoms with E-state index in [0.29, 0.717) is 6.04 Å². The number of rotatable bonds is 5. The van der Waals surface area contributed by atoms with Gasteiger partial charge in [-0.3, -0.25) is 0 Å². The van der Waals surface area contributed by atoms with Crippen molar-refractivity contribution in [3.05, 3.63) is 47.2 Å². The highest BCUT2D eigenvalue weighted by Crippen LogP contribution is 2.21. The van der Waals surface area contributed by atoms with Crippen LogP contribution in [0.4, 0.5) is 11.6 Å². The van der Waals surface area contributed by atoms with Gasteiger partial charge in [0.25, 0.3) is 0 Å². The second-order valence-electron chi connectivity index (χ2n) is 5.75. The molecule has 0 aliphatic heterocycles. The Hall–Kier alpha value is -1.81. The van der Waals surface area contributed by atoms with Crippen LogP contribution in [-0.4, -0.2) is 16.0 Å². The topological polar surface area (TPSA) is 49.8 Å². The molecular weight excluding hydrogens is 296 g/mol. The third-order valence-electron chi connectivity index (χ3n) is 4.01. The van der Waals surface area contributed by atoms with Gasteiger partial charge in [0.2, 0.25) is 0 Å². The molecule has 0 amide bonds. The zero-order valence-corrected chi connectivity index (χ0v) is 13.3. The fourth-order valence-electron chi connectivity index (χ4n) is 2.78. The number of halogens is 1. The molecule has 0 saturated heterocycles. The molecule has 1 aromatic heterocycles. The van der Waals surface area contributed by atoms with Crippen molar-refractivity contribution in [3.8, 4) is 0 Å². The number of anilines is 2. The van der Waals surface area contributed by atoms with E-state index in [9.17, 15) is 0 Å². The first kappa shape index (κ1) is 15.1. The second kappa shape index (κ2) is 7.45. The van der Waals surface area contributed by atoms with Crippen LogP contribution in [0.25, 0.3) is 0 Å². The average molecular weight is 317 g/mol.